The van der Waals surface area contributed by atoms with Gasteiger partial charge in [-0.15, -0.1) is 0 Å². The van der Waals surface area contributed by atoms with E-state index in [0.717, 1.165) is 5.56 Å². The predicted molar refractivity (Wildman–Crippen MR) is 78.1 cm³/mol. The highest BCUT2D eigenvalue weighted by Gasteiger charge is 2.30. The van der Waals surface area contributed by atoms with Gasteiger partial charge < -0.3 is 0 Å². The molecule has 108 valence electrons. The maximum atomic E-state index is 12.9. The van der Waals surface area contributed by atoms with Crippen LogP contribution in [0.1, 0.15) is 24.1 Å². The number of hydrogen-bond acceptors (Lipinski definition) is 3. The van der Waals surface area contributed by atoms with Crippen molar-refractivity contribution in [2.75, 3.05) is 0 Å². The lowest BCUT2D eigenvalue weighted by molar-refractivity contribution is 0.595. The van der Waals surface area contributed by atoms with Crippen LogP contribution in [-0.4, -0.2) is 14.3 Å². The van der Waals surface area contributed by atoms with Crippen molar-refractivity contribution in [2.24, 2.45) is 4.99 Å². The zero-order chi connectivity index (χ0) is 15.0. The molecule has 0 aliphatic carbocycles. The second-order valence-corrected chi connectivity index (χ2v) is 6.46. The topological polar surface area (TPSA) is 58.5 Å². The Morgan fingerprint density at radius 2 is 1.76 bits per heavy atom. The molecule has 0 bridgehead atoms. The molecule has 1 N–H and O–H groups in total. The first-order chi connectivity index (χ1) is 9.97. The van der Waals surface area contributed by atoms with Gasteiger partial charge in [-0.05, 0) is 36.8 Å². The third kappa shape index (κ3) is 2.54. The number of halogens is 1. The number of aliphatic imine (C=N–C) groups is 1. The number of sulfonamides is 1. The Kier molecular flexibility index (Phi) is 3.25. The van der Waals surface area contributed by atoms with Crippen molar-refractivity contribution >= 4 is 15.9 Å². The molecule has 0 unspecified atom stereocenters. The molecule has 3 rings (SSSR count). The Balaban J connectivity index is 2.00. The number of rotatable bonds is 2. The molecule has 1 aliphatic rings. The van der Waals surface area contributed by atoms with Crippen LogP contribution in [0.25, 0.3) is 0 Å². The van der Waals surface area contributed by atoms with Crippen molar-refractivity contribution in [3.63, 3.8) is 0 Å². The molecule has 0 spiro atoms. The standard InChI is InChI=1S/C15H13FN2O2S/c1-10(11-6-8-12(16)9-7-11)17-15-13-4-2-3-5-14(13)21(19,20)18-15/h2-10H,1H3,(H,17,18)/t10-/m0/s1. The third-order valence-corrected chi connectivity index (χ3v) is 4.73. The second kappa shape index (κ2) is 4.96. The van der Waals surface area contributed by atoms with Gasteiger partial charge in [0.25, 0.3) is 10.0 Å². The van der Waals surface area contributed by atoms with Crippen LogP contribution in [0.4, 0.5) is 4.39 Å². The van der Waals surface area contributed by atoms with E-state index in [2.05, 4.69) is 9.71 Å². The van der Waals surface area contributed by atoms with Gasteiger partial charge in [0.2, 0.25) is 0 Å². The molecule has 4 nitrogen and oxygen atoms in total. The van der Waals surface area contributed by atoms with Gasteiger partial charge >= 0.3 is 0 Å². The van der Waals surface area contributed by atoms with Gasteiger partial charge in [0.1, 0.15) is 11.7 Å². The monoisotopic (exact) mass is 304 g/mol. The average Bonchev–Trinajstić information content (AvgIpc) is 2.71. The molecular formula is C15H13FN2O2S. The summed E-state index contributed by atoms with van der Waals surface area (Å²) >= 11 is 0. The van der Waals surface area contributed by atoms with Crippen molar-refractivity contribution < 1.29 is 12.8 Å². The van der Waals surface area contributed by atoms with E-state index in [4.69, 9.17) is 0 Å². The van der Waals surface area contributed by atoms with Crippen LogP contribution >= 0.6 is 0 Å². The molecule has 0 radical (unpaired) electrons. The van der Waals surface area contributed by atoms with Gasteiger partial charge in [0.15, 0.2) is 0 Å². The molecular weight excluding hydrogens is 291 g/mol. The quantitative estimate of drug-likeness (QED) is 0.927. The van der Waals surface area contributed by atoms with Gasteiger partial charge in [-0.1, -0.05) is 24.3 Å². The molecule has 2 aromatic rings. The normalized spacial score (nSPS) is 19.0. The highest BCUT2D eigenvalue weighted by atomic mass is 32.2. The Hall–Kier alpha value is -2.21. The molecule has 0 fully saturated rings. The fourth-order valence-electron chi connectivity index (χ4n) is 2.24. The van der Waals surface area contributed by atoms with Crippen LogP contribution in [0.2, 0.25) is 0 Å². The SMILES string of the molecule is C[C@H](N=C1NS(=O)(=O)c2ccccc21)c1ccc(F)cc1. The van der Waals surface area contributed by atoms with Crippen molar-refractivity contribution in [2.45, 2.75) is 17.9 Å². The molecule has 1 atom stereocenters. The minimum Gasteiger partial charge on any atom is -0.263 e. The fraction of sp³-hybridized carbons (Fsp3) is 0.133. The van der Waals surface area contributed by atoms with Gasteiger partial charge in [0, 0.05) is 5.56 Å². The van der Waals surface area contributed by atoms with Crippen LogP contribution in [0, 0.1) is 5.82 Å². The molecule has 0 saturated heterocycles. The minimum atomic E-state index is -3.53. The number of hydrogen-bond donors (Lipinski definition) is 1. The van der Waals surface area contributed by atoms with E-state index < -0.39 is 10.0 Å². The minimum absolute atomic E-state index is 0.232. The average molecular weight is 304 g/mol. The number of nitrogens with zero attached hydrogens (tertiary/aromatic N) is 1. The summed E-state index contributed by atoms with van der Waals surface area (Å²) < 4.78 is 39.4. The largest absolute Gasteiger partial charge is 0.263 e. The molecule has 21 heavy (non-hydrogen) atoms. The summed E-state index contributed by atoms with van der Waals surface area (Å²) in [6.07, 6.45) is 0. The zero-order valence-electron chi connectivity index (χ0n) is 11.2. The van der Waals surface area contributed by atoms with Crippen molar-refractivity contribution in [3.05, 3.63) is 65.5 Å². The first-order valence-corrected chi connectivity index (χ1v) is 7.91. The zero-order valence-corrected chi connectivity index (χ0v) is 12.1. The number of fused-ring (bicyclic) bond motifs is 1. The third-order valence-electron chi connectivity index (χ3n) is 3.34. The number of nitrogens with one attached hydrogen (secondary N) is 1. The highest BCUT2D eigenvalue weighted by Crippen LogP contribution is 2.25. The lowest BCUT2D eigenvalue weighted by Crippen LogP contribution is -2.22. The first kappa shape index (κ1) is 13.8. The summed E-state index contributed by atoms with van der Waals surface area (Å²) in [6, 6.07) is 12.4. The lowest BCUT2D eigenvalue weighted by atomic mass is 10.1. The van der Waals surface area contributed by atoms with Crippen LogP contribution in [0.15, 0.2) is 58.4 Å². The molecule has 1 aliphatic heterocycles. The van der Waals surface area contributed by atoms with E-state index in [9.17, 15) is 12.8 Å². The summed E-state index contributed by atoms with van der Waals surface area (Å²) in [6.45, 7) is 1.83. The van der Waals surface area contributed by atoms with Crippen molar-refractivity contribution in [1.29, 1.82) is 0 Å². The summed E-state index contributed by atoms with van der Waals surface area (Å²) in [5.41, 5.74) is 1.37. The van der Waals surface area contributed by atoms with E-state index in [-0.39, 0.29) is 16.8 Å². The van der Waals surface area contributed by atoms with Gasteiger partial charge in [-0.2, -0.15) is 0 Å². The van der Waals surface area contributed by atoms with E-state index in [0.29, 0.717) is 11.4 Å². The smallest absolute Gasteiger partial charge is 0.263 e. The van der Waals surface area contributed by atoms with Gasteiger partial charge in [-0.25, -0.2) is 12.8 Å². The van der Waals surface area contributed by atoms with Gasteiger partial charge in [0.05, 0.1) is 10.9 Å². The summed E-state index contributed by atoms with van der Waals surface area (Å²) in [5, 5.41) is 0. The molecule has 0 aromatic heterocycles. The van der Waals surface area contributed by atoms with Crippen LogP contribution in [0.3, 0.4) is 0 Å². The van der Waals surface area contributed by atoms with E-state index in [1.165, 1.54) is 12.1 Å². The molecule has 1 heterocycles. The Labute approximate surface area is 122 Å². The molecule has 0 saturated carbocycles. The maximum absolute atomic E-state index is 12.9. The summed E-state index contributed by atoms with van der Waals surface area (Å²) in [4.78, 5) is 4.65. The van der Waals surface area contributed by atoms with Crippen LogP contribution < -0.4 is 4.72 Å². The maximum Gasteiger partial charge on any atom is 0.263 e. The highest BCUT2D eigenvalue weighted by molar-refractivity contribution is 7.90. The lowest BCUT2D eigenvalue weighted by Gasteiger charge is -2.08. The summed E-state index contributed by atoms with van der Waals surface area (Å²) in [7, 11) is -3.53. The van der Waals surface area contributed by atoms with Crippen LogP contribution in [-0.2, 0) is 10.0 Å². The number of amidine groups is 1. The number of benzene rings is 2. The van der Waals surface area contributed by atoms with E-state index in [1.54, 1.807) is 36.4 Å². The van der Waals surface area contributed by atoms with Crippen LogP contribution in [0.5, 0.6) is 0 Å². The fourth-order valence-corrected chi connectivity index (χ4v) is 3.48. The van der Waals surface area contributed by atoms with E-state index >= 15 is 0 Å². The second-order valence-electron chi connectivity index (χ2n) is 4.81. The predicted octanol–water partition coefficient (Wildman–Crippen LogP) is 2.63. The Morgan fingerprint density at radius 3 is 2.48 bits per heavy atom. The van der Waals surface area contributed by atoms with Crippen molar-refractivity contribution in [1.82, 2.24) is 4.72 Å². The van der Waals surface area contributed by atoms with Gasteiger partial charge in [-0.3, -0.25) is 9.71 Å². The molecule has 6 heteroatoms. The Morgan fingerprint density at radius 1 is 1.10 bits per heavy atom. The van der Waals surface area contributed by atoms with E-state index in [1.807, 2.05) is 6.92 Å². The molecule has 0 amide bonds. The van der Waals surface area contributed by atoms with Crippen molar-refractivity contribution in [3.8, 4) is 0 Å². The Bertz CT molecular complexity index is 814. The molecule has 2 aromatic carbocycles. The first-order valence-electron chi connectivity index (χ1n) is 6.43. The summed E-state index contributed by atoms with van der Waals surface area (Å²) in [5.74, 6) is 0.00735.